The van der Waals surface area contributed by atoms with Crippen molar-refractivity contribution >= 4 is 5.84 Å². The molecule has 0 saturated heterocycles. The van der Waals surface area contributed by atoms with Crippen LogP contribution in [0.15, 0.2) is 23.4 Å². The third-order valence-corrected chi connectivity index (χ3v) is 2.90. The number of hydrogen-bond donors (Lipinski definition) is 2. The number of ether oxygens (including phenoxy) is 1. The molecule has 0 aromatic heterocycles. The maximum atomic E-state index is 13.6. The first-order valence-electron chi connectivity index (χ1n) is 6.25. The quantitative estimate of drug-likeness (QED) is 0.342. The number of nitrogens with zero attached hydrogens (tertiary/aromatic N) is 2. The summed E-state index contributed by atoms with van der Waals surface area (Å²) >= 11 is 0. The Morgan fingerprint density at radius 3 is 2.68 bits per heavy atom. The molecular weight excluding hydrogens is 249 g/mol. The van der Waals surface area contributed by atoms with Gasteiger partial charge in [0.05, 0.1) is 5.56 Å². The van der Waals surface area contributed by atoms with E-state index in [0.29, 0.717) is 6.61 Å². The van der Waals surface area contributed by atoms with Gasteiger partial charge in [0.1, 0.15) is 18.2 Å². The maximum Gasteiger partial charge on any atom is 0.176 e. The third kappa shape index (κ3) is 4.10. The fourth-order valence-corrected chi connectivity index (χ4v) is 1.75. The number of oxime groups is 1. The Bertz CT molecular complexity index is 434. The summed E-state index contributed by atoms with van der Waals surface area (Å²) in [6.07, 6.45) is 0. The first-order chi connectivity index (χ1) is 9.13. The van der Waals surface area contributed by atoms with Crippen LogP contribution in [0.4, 0.5) is 4.39 Å². The average Bonchev–Trinajstić information content (AvgIpc) is 2.43. The summed E-state index contributed by atoms with van der Waals surface area (Å²) in [4.78, 5) is 2.18. The van der Waals surface area contributed by atoms with Crippen LogP contribution in [0.25, 0.3) is 0 Å². The molecule has 0 saturated carbocycles. The Hall–Kier alpha value is -1.82. The Balaban J connectivity index is 2.76. The zero-order chi connectivity index (χ0) is 14.3. The fourth-order valence-electron chi connectivity index (χ4n) is 1.75. The molecule has 0 radical (unpaired) electrons. The summed E-state index contributed by atoms with van der Waals surface area (Å²) in [5, 5.41) is 11.5. The highest BCUT2D eigenvalue weighted by Crippen LogP contribution is 2.21. The van der Waals surface area contributed by atoms with Gasteiger partial charge in [-0.3, -0.25) is 0 Å². The van der Waals surface area contributed by atoms with Crippen molar-refractivity contribution in [1.82, 2.24) is 4.90 Å². The summed E-state index contributed by atoms with van der Waals surface area (Å²) in [5.74, 6) is -0.589. The van der Waals surface area contributed by atoms with E-state index in [-0.39, 0.29) is 17.1 Å². The maximum absolute atomic E-state index is 13.6. The molecule has 5 nitrogen and oxygen atoms in total. The molecule has 0 aliphatic carbocycles. The molecule has 0 aliphatic heterocycles. The van der Waals surface area contributed by atoms with Crippen LogP contribution in [0.1, 0.15) is 19.4 Å². The molecule has 6 heteroatoms. The Morgan fingerprint density at radius 2 is 2.11 bits per heavy atom. The summed E-state index contributed by atoms with van der Waals surface area (Å²) in [5.41, 5.74) is 5.44. The minimum atomic E-state index is -0.573. The lowest BCUT2D eigenvalue weighted by molar-refractivity contribution is 0.222. The van der Waals surface area contributed by atoms with E-state index >= 15 is 0 Å². The second-order valence-electron chi connectivity index (χ2n) is 3.97. The molecule has 1 rings (SSSR count). The van der Waals surface area contributed by atoms with E-state index in [1.165, 1.54) is 12.1 Å². The third-order valence-electron chi connectivity index (χ3n) is 2.90. The molecule has 0 amide bonds. The number of benzene rings is 1. The average molecular weight is 269 g/mol. The van der Waals surface area contributed by atoms with Gasteiger partial charge in [-0.25, -0.2) is 4.39 Å². The van der Waals surface area contributed by atoms with Crippen LogP contribution < -0.4 is 10.5 Å². The number of hydrogen-bond acceptors (Lipinski definition) is 4. The minimum Gasteiger partial charge on any atom is -0.491 e. The molecule has 0 unspecified atom stereocenters. The van der Waals surface area contributed by atoms with Crippen LogP contribution in [0.5, 0.6) is 5.75 Å². The zero-order valence-corrected chi connectivity index (χ0v) is 11.3. The lowest BCUT2D eigenvalue weighted by Gasteiger charge is -2.18. The van der Waals surface area contributed by atoms with Crippen molar-refractivity contribution in [2.45, 2.75) is 13.8 Å². The number of rotatable bonds is 7. The molecule has 1 aromatic rings. The minimum absolute atomic E-state index is 0.00968. The molecule has 0 fully saturated rings. The van der Waals surface area contributed by atoms with Crippen LogP contribution in [0.2, 0.25) is 0 Å². The Morgan fingerprint density at radius 1 is 1.42 bits per heavy atom. The van der Waals surface area contributed by atoms with E-state index in [9.17, 15) is 4.39 Å². The lowest BCUT2D eigenvalue weighted by Crippen LogP contribution is -2.28. The predicted molar refractivity (Wildman–Crippen MR) is 72.2 cm³/mol. The second kappa shape index (κ2) is 7.58. The van der Waals surface area contributed by atoms with Gasteiger partial charge >= 0.3 is 0 Å². The van der Waals surface area contributed by atoms with Gasteiger partial charge in [0, 0.05) is 6.54 Å². The van der Waals surface area contributed by atoms with Crippen LogP contribution in [0, 0.1) is 5.82 Å². The van der Waals surface area contributed by atoms with Crippen LogP contribution in [0.3, 0.4) is 0 Å². The lowest BCUT2D eigenvalue weighted by atomic mass is 10.1. The topological polar surface area (TPSA) is 71.1 Å². The van der Waals surface area contributed by atoms with Crippen LogP contribution in [-0.4, -0.2) is 42.2 Å². The smallest absolute Gasteiger partial charge is 0.176 e. The molecule has 0 aliphatic rings. The molecule has 0 atom stereocenters. The van der Waals surface area contributed by atoms with Gasteiger partial charge in [-0.15, -0.1) is 0 Å². The van der Waals surface area contributed by atoms with E-state index in [2.05, 4.69) is 23.9 Å². The molecule has 0 spiro atoms. The van der Waals surface area contributed by atoms with Gasteiger partial charge in [-0.05, 0) is 25.2 Å². The Kier molecular flexibility index (Phi) is 6.08. The fraction of sp³-hybridized carbons (Fsp3) is 0.462. The van der Waals surface area contributed by atoms with Gasteiger partial charge in [-0.2, -0.15) is 0 Å². The highest BCUT2D eigenvalue weighted by molar-refractivity contribution is 5.99. The number of amidine groups is 1. The van der Waals surface area contributed by atoms with Gasteiger partial charge in [0.25, 0.3) is 0 Å². The van der Waals surface area contributed by atoms with Crippen molar-refractivity contribution in [2.75, 3.05) is 26.2 Å². The number of likely N-dealkylation sites (N-methyl/N-ethyl adjacent to an activating group) is 1. The van der Waals surface area contributed by atoms with E-state index in [1.807, 2.05) is 0 Å². The molecule has 106 valence electrons. The van der Waals surface area contributed by atoms with E-state index in [1.54, 1.807) is 6.07 Å². The standard InChI is InChI=1S/C13H20FN3O2/c1-3-17(4-2)8-9-19-11-7-5-6-10(14)12(11)13(15)16-18/h5-7,18H,3-4,8-9H2,1-2H3,(H2,15,16). The molecule has 0 bridgehead atoms. The largest absolute Gasteiger partial charge is 0.491 e. The molecule has 1 aromatic carbocycles. The normalized spacial score (nSPS) is 11.9. The first kappa shape index (κ1) is 15.2. The molecule has 3 N–H and O–H groups in total. The number of halogens is 1. The van der Waals surface area contributed by atoms with Crippen molar-refractivity contribution in [1.29, 1.82) is 0 Å². The van der Waals surface area contributed by atoms with E-state index in [0.717, 1.165) is 19.6 Å². The monoisotopic (exact) mass is 269 g/mol. The summed E-state index contributed by atoms with van der Waals surface area (Å²) in [7, 11) is 0. The van der Waals surface area contributed by atoms with Crippen molar-refractivity contribution in [3.05, 3.63) is 29.6 Å². The Labute approximate surface area is 112 Å². The van der Waals surface area contributed by atoms with E-state index in [4.69, 9.17) is 15.7 Å². The van der Waals surface area contributed by atoms with Gasteiger partial charge in [-0.1, -0.05) is 25.1 Å². The van der Waals surface area contributed by atoms with Crippen molar-refractivity contribution in [3.8, 4) is 5.75 Å². The molecule has 19 heavy (non-hydrogen) atoms. The number of nitrogens with two attached hydrogens (primary N) is 1. The van der Waals surface area contributed by atoms with Gasteiger partial charge in [0.2, 0.25) is 0 Å². The van der Waals surface area contributed by atoms with Crippen LogP contribution in [-0.2, 0) is 0 Å². The molecule has 0 heterocycles. The van der Waals surface area contributed by atoms with E-state index < -0.39 is 5.82 Å². The summed E-state index contributed by atoms with van der Waals surface area (Å²) in [6, 6.07) is 4.36. The van der Waals surface area contributed by atoms with Crippen molar-refractivity contribution < 1.29 is 14.3 Å². The predicted octanol–water partition coefficient (Wildman–Crippen LogP) is 1.64. The molecular formula is C13H20FN3O2. The summed E-state index contributed by atoms with van der Waals surface area (Å²) in [6.45, 7) is 7.13. The summed E-state index contributed by atoms with van der Waals surface area (Å²) < 4.78 is 19.2. The van der Waals surface area contributed by atoms with Crippen molar-refractivity contribution in [3.63, 3.8) is 0 Å². The zero-order valence-electron chi connectivity index (χ0n) is 11.3. The van der Waals surface area contributed by atoms with Gasteiger partial charge < -0.3 is 20.6 Å². The SMILES string of the molecule is CCN(CC)CCOc1cccc(F)c1C(N)=NO. The highest BCUT2D eigenvalue weighted by Gasteiger charge is 2.14. The van der Waals surface area contributed by atoms with Crippen molar-refractivity contribution in [2.24, 2.45) is 10.9 Å². The van der Waals surface area contributed by atoms with Gasteiger partial charge in [0.15, 0.2) is 5.84 Å². The highest BCUT2D eigenvalue weighted by atomic mass is 19.1. The van der Waals surface area contributed by atoms with Crippen LogP contribution >= 0.6 is 0 Å². The first-order valence-corrected chi connectivity index (χ1v) is 6.25. The second-order valence-corrected chi connectivity index (χ2v) is 3.97.